The quantitative estimate of drug-likeness (QED) is 0.275. The second kappa shape index (κ2) is 12.3. The van der Waals surface area contributed by atoms with E-state index in [2.05, 4.69) is 20.3 Å². The van der Waals surface area contributed by atoms with E-state index in [1.165, 1.54) is 0 Å². The van der Waals surface area contributed by atoms with E-state index in [0.717, 1.165) is 16.6 Å². The number of aromatic nitrogens is 2. The number of carbonyl (C=O) groups excluding carboxylic acids is 2. The molecule has 0 saturated heterocycles. The number of unbranched alkanes of at least 4 members (excludes halogenated alkanes) is 1. The zero-order valence-electron chi connectivity index (χ0n) is 19.4. The molecule has 35 heavy (non-hydrogen) atoms. The van der Waals surface area contributed by atoms with Gasteiger partial charge in [0.15, 0.2) is 0 Å². The van der Waals surface area contributed by atoms with Crippen LogP contribution in [0.2, 0.25) is 0 Å². The van der Waals surface area contributed by atoms with Gasteiger partial charge in [0.25, 0.3) is 10.2 Å². The Kier molecular flexibility index (Phi) is 9.18. The fourth-order valence-electron chi connectivity index (χ4n) is 3.51. The zero-order valence-corrected chi connectivity index (χ0v) is 20.3. The van der Waals surface area contributed by atoms with Gasteiger partial charge in [-0.3, -0.25) is 4.79 Å². The fraction of sp³-hybridized carbons (Fsp3) is 0.348. The van der Waals surface area contributed by atoms with Crippen molar-refractivity contribution in [2.75, 3.05) is 6.54 Å². The van der Waals surface area contributed by atoms with E-state index in [0.29, 0.717) is 18.7 Å². The standard InChI is InChI=1S/C23H30N6O5S/c1-29-20-13-6-5-11-18(20)27-21(29)15-25-22(30)19(12-7-8-14-26-35(24,32)33)28-23(31)34-16-17-9-3-2-4-10-17/h2-6,9-11,13,19,26H,7-8,12,14-16H2,1H3,(H,25,30)(H,28,31)(H2,24,32,33)/t19-/m0/s1. The Morgan fingerprint density at radius 2 is 1.80 bits per heavy atom. The van der Waals surface area contributed by atoms with Gasteiger partial charge in [-0.05, 0) is 37.0 Å². The summed E-state index contributed by atoms with van der Waals surface area (Å²) in [7, 11) is -1.91. The molecule has 3 rings (SSSR count). The van der Waals surface area contributed by atoms with Gasteiger partial charge in [0, 0.05) is 13.6 Å². The molecule has 0 aliphatic rings. The summed E-state index contributed by atoms with van der Waals surface area (Å²) in [6.07, 6.45) is 0.456. The maximum absolute atomic E-state index is 12.9. The molecule has 11 nitrogen and oxygen atoms in total. The molecule has 0 saturated carbocycles. The summed E-state index contributed by atoms with van der Waals surface area (Å²) in [4.78, 5) is 29.8. The van der Waals surface area contributed by atoms with Crippen molar-refractivity contribution in [2.45, 2.75) is 38.5 Å². The Labute approximate surface area is 204 Å². The summed E-state index contributed by atoms with van der Waals surface area (Å²) in [5, 5.41) is 10.4. The number of rotatable bonds is 12. The Hall–Kier alpha value is -3.48. The molecule has 0 bridgehead atoms. The van der Waals surface area contributed by atoms with Gasteiger partial charge in [-0.2, -0.15) is 8.42 Å². The van der Waals surface area contributed by atoms with E-state index in [9.17, 15) is 18.0 Å². The van der Waals surface area contributed by atoms with E-state index in [4.69, 9.17) is 9.88 Å². The van der Waals surface area contributed by atoms with Gasteiger partial charge in [0.1, 0.15) is 18.5 Å². The SMILES string of the molecule is Cn1c(CNC(=O)[C@H](CCCCNS(N)(=O)=O)NC(=O)OCc2ccccc2)nc2ccccc21. The number of para-hydroxylation sites is 2. The molecule has 12 heteroatoms. The summed E-state index contributed by atoms with van der Waals surface area (Å²) in [6.45, 7) is 0.374. The molecule has 2 aromatic carbocycles. The highest BCUT2D eigenvalue weighted by Crippen LogP contribution is 2.14. The van der Waals surface area contributed by atoms with Crippen LogP contribution in [0.25, 0.3) is 11.0 Å². The van der Waals surface area contributed by atoms with E-state index in [1.807, 2.05) is 66.2 Å². The lowest BCUT2D eigenvalue weighted by Crippen LogP contribution is -2.47. The third-order valence-electron chi connectivity index (χ3n) is 5.34. The van der Waals surface area contributed by atoms with Crippen molar-refractivity contribution in [3.05, 3.63) is 66.0 Å². The number of amides is 2. The van der Waals surface area contributed by atoms with Crippen LogP contribution >= 0.6 is 0 Å². The Morgan fingerprint density at radius 1 is 1.09 bits per heavy atom. The van der Waals surface area contributed by atoms with E-state index in [1.54, 1.807) is 0 Å². The van der Waals surface area contributed by atoms with Crippen LogP contribution in [0.4, 0.5) is 4.79 Å². The number of benzene rings is 2. The lowest BCUT2D eigenvalue weighted by molar-refractivity contribution is -0.123. The average molecular weight is 503 g/mol. The zero-order chi connectivity index (χ0) is 25.3. The average Bonchev–Trinajstić information content (AvgIpc) is 3.15. The van der Waals surface area contributed by atoms with Gasteiger partial charge >= 0.3 is 6.09 Å². The van der Waals surface area contributed by atoms with Crippen LogP contribution in [0.15, 0.2) is 54.6 Å². The third-order valence-corrected chi connectivity index (χ3v) is 5.95. The molecule has 188 valence electrons. The summed E-state index contributed by atoms with van der Waals surface area (Å²) >= 11 is 0. The van der Waals surface area contributed by atoms with Crippen LogP contribution in [0.3, 0.4) is 0 Å². The highest BCUT2D eigenvalue weighted by Gasteiger charge is 2.22. The molecule has 0 fully saturated rings. The second-order valence-corrected chi connectivity index (χ2v) is 9.37. The number of imidazole rings is 1. The fourth-order valence-corrected chi connectivity index (χ4v) is 3.94. The Morgan fingerprint density at radius 3 is 2.51 bits per heavy atom. The summed E-state index contributed by atoms with van der Waals surface area (Å²) < 4.78 is 31.3. The van der Waals surface area contributed by atoms with Crippen molar-refractivity contribution >= 4 is 33.2 Å². The number of fused-ring (bicyclic) bond motifs is 1. The number of nitrogens with zero attached hydrogens (tertiary/aromatic N) is 2. The first-order valence-corrected chi connectivity index (χ1v) is 12.7. The van der Waals surface area contributed by atoms with Gasteiger partial charge in [-0.15, -0.1) is 0 Å². The Balaban J connectivity index is 1.58. The minimum Gasteiger partial charge on any atom is -0.445 e. The van der Waals surface area contributed by atoms with Crippen molar-refractivity contribution < 1.29 is 22.7 Å². The summed E-state index contributed by atoms with van der Waals surface area (Å²) in [5.41, 5.74) is 2.58. The number of nitrogens with one attached hydrogen (secondary N) is 3. The monoisotopic (exact) mass is 502 g/mol. The van der Waals surface area contributed by atoms with Gasteiger partial charge in [0.2, 0.25) is 5.91 Å². The van der Waals surface area contributed by atoms with E-state index in [-0.39, 0.29) is 26.1 Å². The molecular weight excluding hydrogens is 472 g/mol. The molecule has 0 aliphatic carbocycles. The van der Waals surface area contributed by atoms with Crippen LogP contribution in [0, 0.1) is 0 Å². The number of hydrogen-bond donors (Lipinski definition) is 4. The first-order valence-electron chi connectivity index (χ1n) is 11.2. The van der Waals surface area contributed by atoms with E-state index < -0.39 is 28.3 Å². The number of nitrogens with two attached hydrogens (primary N) is 1. The van der Waals surface area contributed by atoms with Gasteiger partial charge in [-0.25, -0.2) is 19.6 Å². The van der Waals surface area contributed by atoms with Gasteiger partial charge in [0.05, 0.1) is 17.6 Å². The molecule has 2 amide bonds. The third kappa shape index (κ3) is 8.35. The summed E-state index contributed by atoms with van der Waals surface area (Å²) in [5.74, 6) is 0.274. The number of hydrogen-bond acceptors (Lipinski definition) is 6. The van der Waals surface area contributed by atoms with Crippen LogP contribution in [-0.4, -0.2) is 42.6 Å². The molecule has 0 aliphatic heterocycles. The predicted octanol–water partition coefficient (Wildman–Crippen LogP) is 1.45. The van der Waals surface area contributed by atoms with Gasteiger partial charge < -0.3 is 19.9 Å². The second-order valence-electron chi connectivity index (χ2n) is 7.99. The first-order chi connectivity index (χ1) is 16.7. The lowest BCUT2D eigenvalue weighted by Gasteiger charge is -2.18. The van der Waals surface area contributed by atoms with E-state index >= 15 is 0 Å². The van der Waals surface area contributed by atoms with Crippen molar-refractivity contribution in [2.24, 2.45) is 12.2 Å². The minimum absolute atomic E-state index is 0.0686. The Bertz CT molecular complexity index is 1250. The highest BCUT2D eigenvalue weighted by atomic mass is 32.2. The molecule has 0 unspecified atom stereocenters. The molecule has 0 spiro atoms. The number of aryl methyl sites for hydroxylation is 1. The molecule has 1 atom stereocenters. The summed E-state index contributed by atoms with van der Waals surface area (Å²) in [6, 6.07) is 16.0. The minimum atomic E-state index is -3.78. The van der Waals surface area contributed by atoms with Crippen LogP contribution < -0.4 is 20.5 Å². The molecule has 1 aromatic heterocycles. The maximum Gasteiger partial charge on any atom is 0.408 e. The van der Waals surface area contributed by atoms with Crippen molar-refractivity contribution in [3.63, 3.8) is 0 Å². The molecule has 3 aromatic rings. The lowest BCUT2D eigenvalue weighted by atomic mass is 10.1. The number of carbonyl (C=O) groups is 2. The van der Waals surface area contributed by atoms with Gasteiger partial charge in [-0.1, -0.05) is 42.5 Å². The topological polar surface area (TPSA) is 157 Å². The normalized spacial score (nSPS) is 12.3. The molecule has 1 heterocycles. The van der Waals surface area contributed by atoms with Crippen molar-refractivity contribution in [1.82, 2.24) is 24.9 Å². The largest absolute Gasteiger partial charge is 0.445 e. The smallest absolute Gasteiger partial charge is 0.408 e. The van der Waals surface area contributed by atoms with Crippen LogP contribution in [0.5, 0.6) is 0 Å². The van der Waals surface area contributed by atoms with Crippen molar-refractivity contribution in [3.8, 4) is 0 Å². The molecule has 0 radical (unpaired) electrons. The molecular formula is C23H30N6O5S. The highest BCUT2D eigenvalue weighted by molar-refractivity contribution is 7.87. The maximum atomic E-state index is 12.9. The van der Waals surface area contributed by atoms with Crippen molar-refractivity contribution in [1.29, 1.82) is 0 Å². The first kappa shape index (κ1) is 26.1. The molecule has 5 N–H and O–H groups in total. The number of alkyl carbamates (subject to hydrolysis) is 1. The predicted molar refractivity (Wildman–Crippen MR) is 131 cm³/mol. The van der Waals surface area contributed by atoms with Crippen LogP contribution in [0.1, 0.15) is 30.7 Å². The van der Waals surface area contributed by atoms with Crippen LogP contribution in [-0.2, 0) is 39.9 Å². The number of ether oxygens (including phenoxy) is 1.